The maximum Gasteiger partial charge on any atom is 0.234 e. The molecule has 2 aromatic carbocycles. The predicted molar refractivity (Wildman–Crippen MR) is 90.1 cm³/mol. The van der Waals surface area contributed by atoms with Gasteiger partial charge in [-0.05, 0) is 36.9 Å². The van der Waals surface area contributed by atoms with Crippen LogP contribution in [0, 0.1) is 0 Å². The molecule has 1 saturated heterocycles. The van der Waals surface area contributed by atoms with Gasteiger partial charge in [0.2, 0.25) is 10.0 Å². The molecule has 0 saturated carbocycles. The summed E-state index contributed by atoms with van der Waals surface area (Å²) in [4.78, 5) is 0. The summed E-state index contributed by atoms with van der Waals surface area (Å²) < 4.78 is 28.3. The summed E-state index contributed by atoms with van der Waals surface area (Å²) in [7, 11) is -3.35. The van der Waals surface area contributed by atoms with Crippen LogP contribution in [-0.2, 0) is 10.0 Å². The second-order valence-corrected chi connectivity index (χ2v) is 7.94. The van der Waals surface area contributed by atoms with Gasteiger partial charge in [0.1, 0.15) is 0 Å². The van der Waals surface area contributed by atoms with Crippen LogP contribution in [0.4, 0.5) is 5.69 Å². The van der Waals surface area contributed by atoms with Crippen LogP contribution in [0.25, 0.3) is 10.8 Å². The molecule has 1 aliphatic rings. The fourth-order valence-electron chi connectivity index (χ4n) is 2.72. The predicted octanol–water partition coefficient (Wildman–Crippen LogP) is 3.10. The van der Waals surface area contributed by atoms with E-state index in [1.54, 1.807) is 6.07 Å². The van der Waals surface area contributed by atoms with Crippen LogP contribution < -0.4 is 10.0 Å². The smallest absolute Gasteiger partial charge is 0.234 e. The normalized spacial score (nSPS) is 19.0. The van der Waals surface area contributed by atoms with Crippen LogP contribution in [0.3, 0.4) is 0 Å². The molecule has 112 valence electrons. The van der Waals surface area contributed by atoms with Gasteiger partial charge in [-0.15, -0.1) is 0 Å². The Balaban J connectivity index is 1.89. The Morgan fingerprint density at radius 3 is 2.67 bits per heavy atom. The molecule has 4 nitrogen and oxygen atoms in total. The van der Waals surface area contributed by atoms with Crippen molar-refractivity contribution < 1.29 is 8.42 Å². The maximum atomic E-state index is 12.3. The summed E-state index contributed by atoms with van der Waals surface area (Å²) >= 11 is 3.49. The highest BCUT2D eigenvalue weighted by atomic mass is 79.9. The van der Waals surface area contributed by atoms with Crippen LogP contribution in [-0.4, -0.2) is 26.8 Å². The van der Waals surface area contributed by atoms with Crippen molar-refractivity contribution in [2.45, 2.75) is 18.9 Å². The number of halogens is 1. The van der Waals surface area contributed by atoms with Gasteiger partial charge >= 0.3 is 0 Å². The zero-order chi connectivity index (χ0) is 14.9. The van der Waals surface area contributed by atoms with Gasteiger partial charge < -0.3 is 5.32 Å². The van der Waals surface area contributed by atoms with Crippen molar-refractivity contribution in [2.24, 2.45) is 0 Å². The highest BCUT2D eigenvalue weighted by Crippen LogP contribution is 2.30. The summed E-state index contributed by atoms with van der Waals surface area (Å²) in [5, 5.41) is 5.11. The first-order valence-corrected chi connectivity index (χ1v) is 9.41. The van der Waals surface area contributed by atoms with Crippen LogP contribution in [0.2, 0.25) is 0 Å². The molecule has 0 radical (unpaired) electrons. The zero-order valence-corrected chi connectivity index (χ0v) is 13.9. The van der Waals surface area contributed by atoms with E-state index in [9.17, 15) is 8.42 Å². The number of hydrogen-bond donors (Lipinski definition) is 2. The van der Waals surface area contributed by atoms with Gasteiger partial charge in [-0.2, -0.15) is 0 Å². The first-order valence-electron chi connectivity index (χ1n) is 6.96. The second kappa shape index (κ2) is 5.94. The molecule has 0 amide bonds. The fraction of sp³-hybridized carbons (Fsp3) is 0.333. The number of fused-ring (bicyclic) bond motifs is 1. The van der Waals surface area contributed by atoms with Gasteiger partial charge in [-0.1, -0.05) is 40.2 Å². The highest BCUT2D eigenvalue weighted by molar-refractivity contribution is 9.10. The molecular weight excluding hydrogens is 352 g/mol. The Kier molecular flexibility index (Phi) is 4.19. The molecule has 1 aliphatic heterocycles. The summed E-state index contributed by atoms with van der Waals surface area (Å²) in [6, 6.07) is 11.5. The molecule has 1 atom stereocenters. The first-order chi connectivity index (χ1) is 10.1. The molecule has 0 aliphatic carbocycles. The van der Waals surface area contributed by atoms with E-state index < -0.39 is 10.0 Å². The van der Waals surface area contributed by atoms with E-state index in [0.717, 1.165) is 34.6 Å². The summed E-state index contributed by atoms with van der Waals surface area (Å²) in [5.74, 6) is 0.122. The average Bonchev–Trinajstić information content (AvgIpc) is 2.94. The van der Waals surface area contributed by atoms with Crippen LogP contribution in [0.5, 0.6) is 0 Å². The van der Waals surface area contributed by atoms with E-state index in [2.05, 4.69) is 26.0 Å². The maximum absolute atomic E-state index is 12.3. The average molecular weight is 369 g/mol. The van der Waals surface area contributed by atoms with Gasteiger partial charge in [-0.3, -0.25) is 4.72 Å². The molecule has 2 N–H and O–H groups in total. The lowest BCUT2D eigenvalue weighted by molar-refractivity contribution is 0.582. The molecule has 2 aromatic rings. The van der Waals surface area contributed by atoms with Crippen molar-refractivity contribution in [1.29, 1.82) is 0 Å². The number of nitrogens with one attached hydrogen (secondary N) is 2. The lowest BCUT2D eigenvalue weighted by Gasteiger charge is -2.14. The number of anilines is 1. The van der Waals surface area contributed by atoms with E-state index in [1.807, 2.05) is 30.3 Å². The highest BCUT2D eigenvalue weighted by Gasteiger charge is 2.22. The molecular formula is C15H17BrN2O2S. The Labute approximate surface area is 133 Å². The molecule has 0 aromatic heterocycles. The molecule has 1 heterocycles. The molecule has 21 heavy (non-hydrogen) atoms. The van der Waals surface area contributed by atoms with E-state index >= 15 is 0 Å². The molecule has 1 fully saturated rings. The number of hydrogen-bond acceptors (Lipinski definition) is 3. The minimum atomic E-state index is -3.35. The van der Waals surface area contributed by atoms with E-state index in [1.165, 1.54) is 0 Å². The molecule has 6 heteroatoms. The summed E-state index contributed by atoms with van der Waals surface area (Å²) in [6.07, 6.45) is 1.96. The summed E-state index contributed by atoms with van der Waals surface area (Å²) in [5.41, 5.74) is 0.631. The lowest BCUT2D eigenvalue weighted by atomic mass is 10.1. The molecule has 0 bridgehead atoms. The molecule has 0 spiro atoms. The Bertz CT molecular complexity index is 755. The van der Waals surface area contributed by atoms with Crippen LogP contribution >= 0.6 is 15.9 Å². The van der Waals surface area contributed by atoms with Crippen molar-refractivity contribution in [3.8, 4) is 0 Å². The van der Waals surface area contributed by atoms with Gasteiger partial charge in [0.15, 0.2) is 0 Å². The van der Waals surface area contributed by atoms with Gasteiger partial charge in [0.05, 0.1) is 11.4 Å². The Morgan fingerprint density at radius 1 is 1.19 bits per heavy atom. The van der Waals surface area contributed by atoms with Crippen LogP contribution in [0.1, 0.15) is 12.8 Å². The quantitative estimate of drug-likeness (QED) is 0.871. The largest absolute Gasteiger partial charge is 0.313 e. The third kappa shape index (κ3) is 3.39. The monoisotopic (exact) mass is 368 g/mol. The lowest BCUT2D eigenvalue weighted by Crippen LogP contribution is -2.32. The van der Waals surface area contributed by atoms with Crippen molar-refractivity contribution in [1.82, 2.24) is 5.32 Å². The van der Waals surface area contributed by atoms with Crippen molar-refractivity contribution in [2.75, 3.05) is 17.0 Å². The van der Waals surface area contributed by atoms with Gasteiger partial charge in [-0.25, -0.2) is 8.42 Å². The third-order valence-electron chi connectivity index (χ3n) is 3.72. The van der Waals surface area contributed by atoms with Crippen molar-refractivity contribution in [3.05, 3.63) is 40.9 Å². The SMILES string of the molecule is O=S(=O)(CC1CCCN1)Nc1ccc(Br)c2ccccc12. The minimum Gasteiger partial charge on any atom is -0.313 e. The van der Waals surface area contributed by atoms with Gasteiger partial charge in [0, 0.05) is 15.9 Å². The molecule has 3 rings (SSSR count). The van der Waals surface area contributed by atoms with Crippen LogP contribution in [0.15, 0.2) is 40.9 Å². The van der Waals surface area contributed by atoms with Crippen molar-refractivity contribution in [3.63, 3.8) is 0 Å². The van der Waals surface area contributed by atoms with E-state index in [4.69, 9.17) is 0 Å². The van der Waals surface area contributed by atoms with Crippen molar-refractivity contribution >= 4 is 42.4 Å². The number of benzene rings is 2. The standard InChI is InChI=1S/C15H17BrN2O2S/c16-14-7-8-15(13-6-2-1-5-12(13)14)18-21(19,20)10-11-4-3-9-17-11/h1-2,5-8,11,17-18H,3-4,9-10H2. The number of rotatable bonds is 4. The minimum absolute atomic E-state index is 0.0595. The topological polar surface area (TPSA) is 58.2 Å². The zero-order valence-electron chi connectivity index (χ0n) is 11.5. The third-order valence-corrected chi connectivity index (χ3v) is 5.78. The van der Waals surface area contributed by atoms with Gasteiger partial charge in [0.25, 0.3) is 0 Å². The fourth-order valence-corrected chi connectivity index (χ4v) is 4.61. The molecule has 1 unspecified atom stereocenters. The van der Waals surface area contributed by atoms with E-state index in [0.29, 0.717) is 5.69 Å². The van der Waals surface area contributed by atoms with E-state index in [-0.39, 0.29) is 11.8 Å². The Morgan fingerprint density at radius 2 is 1.95 bits per heavy atom. The second-order valence-electron chi connectivity index (χ2n) is 5.32. The first kappa shape index (κ1) is 14.8. The Hall–Kier alpha value is -1.11. The number of sulfonamides is 1. The summed E-state index contributed by atoms with van der Waals surface area (Å²) in [6.45, 7) is 0.904.